The number of nitrogens with two attached hydrogens (primary N) is 1. The molecule has 3 aliphatic rings. The standard InChI is InChI=1S/C32H37N3O9/c1-6-15(12-16(7-2)31(42)34-10-11-44-5)18-8-9-21(36)23-19(18)13-17-14-20-25(35(3)4)27(38)24(30(33)41)29(40)32(20,43)28(39)22(17)26(23)37/h6-9,12,17,20,25,36-37,40,43H,2,10-11,13-14H2,1,3-5H3,(H2,33,41)(H,34,42)/b15-6+,16-12+/t17-,20-,25-,32-/m0/s1. The third-order valence-corrected chi connectivity index (χ3v) is 8.61. The minimum absolute atomic E-state index is 0.0400. The second kappa shape index (κ2) is 12.2. The molecule has 0 saturated heterocycles. The number of hydrogen-bond acceptors (Lipinski definition) is 10. The van der Waals surface area contributed by atoms with Gasteiger partial charge in [-0.25, -0.2) is 0 Å². The van der Waals surface area contributed by atoms with Gasteiger partial charge in [0.2, 0.25) is 5.78 Å². The highest BCUT2D eigenvalue weighted by Gasteiger charge is 2.64. The lowest BCUT2D eigenvalue weighted by molar-refractivity contribution is -0.153. The monoisotopic (exact) mass is 607 g/mol. The van der Waals surface area contributed by atoms with Gasteiger partial charge in [-0.05, 0) is 68.6 Å². The van der Waals surface area contributed by atoms with Crippen LogP contribution in [0.2, 0.25) is 0 Å². The topological polar surface area (TPSA) is 200 Å². The van der Waals surface area contributed by atoms with Crippen molar-refractivity contribution in [2.45, 2.75) is 31.4 Å². The Kier molecular flexibility index (Phi) is 9.00. The van der Waals surface area contributed by atoms with Crippen molar-refractivity contribution in [1.82, 2.24) is 10.2 Å². The number of amides is 2. The van der Waals surface area contributed by atoms with Crippen LogP contribution in [-0.4, -0.2) is 94.7 Å². The average Bonchev–Trinajstić information content (AvgIpc) is 2.96. The molecule has 234 valence electrons. The van der Waals surface area contributed by atoms with Crippen LogP contribution in [0, 0.1) is 11.8 Å². The summed E-state index contributed by atoms with van der Waals surface area (Å²) in [5.41, 5.74) is 3.35. The highest BCUT2D eigenvalue weighted by atomic mass is 16.5. The third kappa shape index (κ3) is 5.04. The van der Waals surface area contributed by atoms with Crippen LogP contribution < -0.4 is 11.1 Å². The van der Waals surface area contributed by atoms with Crippen molar-refractivity contribution in [3.63, 3.8) is 0 Å². The molecule has 1 fully saturated rings. The molecule has 3 aliphatic carbocycles. The van der Waals surface area contributed by atoms with Gasteiger partial charge in [0, 0.05) is 30.7 Å². The van der Waals surface area contributed by atoms with E-state index in [0.717, 1.165) is 0 Å². The van der Waals surface area contributed by atoms with Crippen LogP contribution in [0.5, 0.6) is 5.75 Å². The van der Waals surface area contributed by atoms with Crippen molar-refractivity contribution in [3.05, 3.63) is 76.1 Å². The zero-order valence-electron chi connectivity index (χ0n) is 25.0. The van der Waals surface area contributed by atoms with Crippen molar-refractivity contribution in [1.29, 1.82) is 0 Å². The number of nitrogens with zero attached hydrogens (tertiary/aromatic N) is 1. The molecule has 0 aromatic heterocycles. The predicted molar refractivity (Wildman–Crippen MR) is 161 cm³/mol. The molecule has 4 rings (SSSR count). The van der Waals surface area contributed by atoms with E-state index in [1.165, 1.54) is 38.2 Å². The molecular weight excluding hydrogens is 570 g/mol. The second-order valence-corrected chi connectivity index (χ2v) is 11.2. The zero-order chi connectivity index (χ0) is 32.7. The van der Waals surface area contributed by atoms with Crippen molar-refractivity contribution in [3.8, 4) is 5.75 Å². The third-order valence-electron chi connectivity index (χ3n) is 8.61. The Morgan fingerprint density at radius 1 is 1.23 bits per heavy atom. The lowest BCUT2D eigenvalue weighted by Gasteiger charge is -2.50. The van der Waals surface area contributed by atoms with E-state index in [-0.39, 0.29) is 47.8 Å². The van der Waals surface area contributed by atoms with Crippen molar-refractivity contribution < 1.29 is 44.3 Å². The van der Waals surface area contributed by atoms with Gasteiger partial charge in [0.25, 0.3) is 11.8 Å². The molecule has 0 unspecified atom stereocenters. The Balaban J connectivity index is 1.88. The first kappa shape index (κ1) is 32.4. The molecule has 1 aromatic rings. The van der Waals surface area contributed by atoms with Gasteiger partial charge in [0.15, 0.2) is 11.4 Å². The summed E-state index contributed by atoms with van der Waals surface area (Å²) in [5, 5.41) is 47.9. The number of carbonyl (C=O) groups is 4. The summed E-state index contributed by atoms with van der Waals surface area (Å²) in [7, 11) is 4.59. The van der Waals surface area contributed by atoms with Gasteiger partial charge in [-0.15, -0.1) is 0 Å². The zero-order valence-corrected chi connectivity index (χ0v) is 25.0. The van der Waals surface area contributed by atoms with Gasteiger partial charge >= 0.3 is 0 Å². The fourth-order valence-corrected chi connectivity index (χ4v) is 6.58. The molecule has 0 heterocycles. The summed E-state index contributed by atoms with van der Waals surface area (Å²) in [6, 6.07) is 1.78. The van der Waals surface area contributed by atoms with Crippen LogP contribution in [0.25, 0.3) is 11.3 Å². The first-order valence-electron chi connectivity index (χ1n) is 14.0. The second-order valence-electron chi connectivity index (χ2n) is 11.2. The van der Waals surface area contributed by atoms with E-state index in [1.54, 1.807) is 25.1 Å². The smallest absolute Gasteiger partial charge is 0.255 e. The molecule has 2 amide bonds. The predicted octanol–water partition coefficient (Wildman–Crippen LogP) is 1.24. The maximum absolute atomic E-state index is 14.0. The number of hydrogen-bond donors (Lipinski definition) is 6. The Hall–Kier alpha value is -4.52. The number of aliphatic hydroxyl groups is 3. The molecule has 44 heavy (non-hydrogen) atoms. The molecule has 7 N–H and O–H groups in total. The number of phenols is 1. The van der Waals surface area contributed by atoms with Crippen molar-refractivity contribution in [2.24, 2.45) is 17.6 Å². The van der Waals surface area contributed by atoms with E-state index in [9.17, 15) is 39.6 Å². The molecule has 0 spiro atoms. The minimum atomic E-state index is -2.72. The summed E-state index contributed by atoms with van der Waals surface area (Å²) < 4.78 is 4.98. The van der Waals surface area contributed by atoms with Crippen LogP contribution in [0.3, 0.4) is 0 Å². The Morgan fingerprint density at radius 2 is 1.91 bits per heavy atom. The van der Waals surface area contributed by atoms with E-state index < -0.39 is 58.0 Å². The lowest BCUT2D eigenvalue weighted by atomic mass is 9.57. The number of rotatable bonds is 9. The van der Waals surface area contributed by atoms with Crippen molar-refractivity contribution in [2.75, 3.05) is 34.4 Å². The Morgan fingerprint density at radius 3 is 2.48 bits per heavy atom. The molecular formula is C32H37N3O9. The first-order valence-corrected chi connectivity index (χ1v) is 14.0. The summed E-state index contributed by atoms with van der Waals surface area (Å²) in [5.74, 6) is -7.60. The number of carbonyl (C=O) groups excluding carboxylic acids is 4. The Bertz CT molecular complexity index is 1580. The van der Waals surface area contributed by atoms with Gasteiger partial charge in [0.05, 0.1) is 18.2 Å². The van der Waals surface area contributed by atoms with Gasteiger partial charge in [0.1, 0.15) is 22.8 Å². The number of allylic oxidation sites excluding steroid dienone is 3. The minimum Gasteiger partial charge on any atom is -0.508 e. The number of methoxy groups -OCH3 is 1. The molecule has 0 aliphatic heterocycles. The van der Waals surface area contributed by atoms with Crippen LogP contribution in [0.15, 0.2) is 59.4 Å². The number of aliphatic hydroxyl groups excluding tert-OH is 2. The summed E-state index contributed by atoms with van der Waals surface area (Å²) in [4.78, 5) is 53.7. The SMILES string of the molecule is C=C/C(=C\C(=C/C)c1ccc(O)c2c1C[C@H]1C[C@H]3[C@H](N(C)C)C(=O)C(C(N)=O)=C(O)[C@@]3(O)C(=O)C1=C2O)C(=O)NCCOC. The largest absolute Gasteiger partial charge is 0.508 e. The van der Waals surface area contributed by atoms with Gasteiger partial charge in [-0.2, -0.15) is 0 Å². The van der Waals surface area contributed by atoms with Crippen molar-refractivity contribution >= 4 is 34.7 Å². The highest BCUT2D eigenvalue weighted by Crippen LogP contribution is 2.53. The fraction of sp³-hybridized carbons (Fsp3) is 0.375. The van der Waals surface area contributed by atoms with Crippen LogP contribution >= 0.6 is 0 Å². The van der Waals surface area contributed by atoms with E-state index in [0.29, 0.717) is 23.3 Å². The number of Topliss-reactive ketones (excluding diaryl/α,β-unsaturated/α-hetero) is 2. The number of fused-ring (bicyclic) bond motifs is 3. The number of benzene rings is 1. The number of ketones is 2. The fourth-order valence-electron chi connectivity index (χ4n) is 6.58. The Labute approximate surface area is 254 Å². The van der Waals surface area contributed by atoms with E-state index >= 15 is 0 Å². The normalized spacial score (nSPS) is 25.5. The van der Waals surface area contributed by atoms with E-state index in [2.05, 4.69) is 11.9 Å². The lowest BCUT2D eigenvalue weighted by Crippen LogP contribution is -2.65. The van der Waals surface area contributed by atoms with Gasteiger partial charge in [-0.3, -0.25) is 24.1 Å². The number of likely N-dealkylation sites (N-methyl/N-ethyl adjacent to an activating group) is 1. The van der Waals surface area contributed by atoms with E-state index in [4.69, 9.17) is 10.5 Å². The van der Waals surface area contributed by atoms with Gasteiger partial charge < -0.3 is 36.2 Å². The molecule has 0 radical (unpaired) electrons. The van der Waals surface area contributed by atoms with Gasteiger partial charge in [-0.1, -0.05) is 24.8 Å². The maximum Gasteiger partial charge on any atom is 0.255 e. The van der Waals surface area contributed by atoms with E-state index in [1.807, 2.05) is 0 Å². The summed E-state index contributed by atoms with van der Waals surface area (Å²) >= 11 is 0. The molecule has 0 bridgehead atoms. The first-order chi connectivity index (χ1) is 20.8. The molecule has 1 saturated carbocycles. The number of phenolic OH excluding ortho intramolecular Hbond substituents is 1. The van der Waals surface area contributed by atoms with Crippen LogP contribution in [0.1, 0.15) is 30.0 Å². The quantitative estimate of drug-likeness (QED) is 0.103. The summed E-state index contributed by atoms with van der Waals surface area (Å²) in [6.07, 6.45) is 4.82. The molecule has 4 atom stereocenters. The maximum atomic E-state index is 14.0. The molecule has 1 aromatic carbocycles. The number of ether oxygens (including phenoxy) is 1. The highest BCUT2D eigenvalue weighted by molar-refractivity contribution is 6.24. The number of aromatic hydroxyl groups is 1. The number of nitrogens with one attached hydrogen (secondary N) is 1. The summed E-state index contributed by atoms with van der Waals surface area (Å²) in [6.45, 7) is 6.10. The van der Waals surface area contributed by atoms with Crippen LogP contribution in [0.4, 0.5) is 0 Å². The number of primary amides is 1. The van der Waals surface area contributed by atoms with Crippen LogP contribution in [-0.2, 0) is 30.3 Å². The molecule has 12 heteroatoms. The molecule has 12 nitrogen and oxygen atoms in total. The average molecular weight is 608 g/mol.